The number of unbranched alkanes of at least 4 members (excludes halogenated alkanes) is 2. The average Bonchev–Trinajstić information content (AvgIpc) is 2.40. The van der Waals surface area contributed by atoms with Gasteiger partial charge in [0.2, 0.25) is 0 Å². The molecule has 2 nitrogen and oxygen atoms in total. The van der Waals surface area contributed by atoms with Crippen molar-refractivity contribution < 1.29 is 10.2 Å². The Morgan fingerprint density at radius 3 is 2.05 bits per heavy atom. The van der Waals surface area contributed by atoms with Gasteiger partial charge in [0, 0.05) is 0 Å². The maximum Gasteiger partial charge on any atom is 0.127 e. The summed E-state index contributed by atoms with van der Waals surface area (Å²) in [6.45, 7) is 2.20. The van der Waals surface area contributed by atoms with Gasteiger partial charge in [-0.25, -0.2) is 0 Å². The maximum atomic E-state index is 9.83. The fourth-order valence-electron chi connectivity index (χ4n) is 2.24. The van der Waals surface area contributed by atoms with Gasteiger partial charge in [-0.2, -0.15) is 0 Å². The van der Waals surface area contributed by atoms with Crippen molar-refractivity contribution in [3.05, 3.63) is 48.0 Å². The molecule has 0 saturated carbocycles. The van der Waals surface area contributed by atoms with Gasteiger partial charge in [-0.1, -0.05) is 50.1 Å². The Hall–Kier alpha value is -1.96. The minimum Gasteiger partial charge on any atom is -0.507 e. The molecule has 100 valence electrons. The fraction of sp³-hybridized carbons (Fsp3) is 0.294. The van der Waals surface area contributed by atoms with Gasteiger partial charge in [0.15, 0.2) is 0 Å². The molecule has 2 aromatic carbocycles. The van der Waals surface area contributed by atoms with Crippen LogP contribution >= 0.6 is 0 Å². The molecule has 2 rings (SSSR count). The van der Waals surface area contributed by atoms with Crippen LogP contribution in [0.5, 0.6) is 11.5 Å². The highest BCUT2D eigenvalue weighted by Crippen LogP contribution is 2.36. The molecular formula is C17H20O2. The molecular weight excluding hydrogens is 236 g/mol. The first-order chi connectivity index (χ1) is 9.22. The number of aryl methyl sites for hydroxylation is 1. The van der Waals surface area contributed by atoms with Crippen molar-refractivity contribution in [3.8, 4) is 22.6 Å². The Kier molecular flexibility index (Phi) is 4.45. The monoisotopic (exact) mass is 256 g/mol. The summed E-state index contributed by atoms with van der Waals surface area (Å²) < 4.78 is 0. The van der Waals surface area contributed by atoms with Crippen LogP contribution in [-0.4, -0.2) is 10.2 Å². The molecule has 19 heavy (non-hydrogen) atoms. The van der Waals surface area contributed by atoms with Gasteiger partial charge in [0.1, 0.15) is 11.5 Å². The average molecular weight is 256 g/mol. The zero-order chi connectivity index (χ0) is 13.7. The maximum absolute atomic E-state index is 9.83. The summed E-state index contributed by atoms with van der Waals surface area (Å²) >= 11 is 0. The number of phenols is 2. The lowest BCUT2D eigenvalue weighted by molar-refractivity contribution is 0.454. The highest BCUT2D eigenvalue weighted by Gasteiger charge is 2.09. The zero-order valence-corrected chi connectivity index (χ0v) is 11.3. The van der Waals surface area contributed by atoms with Crippen molar-refractivity contribution in [1.29, 1.82) is 0 Å². The number of hydrogen-bond donors (Lipinski definition) is 2. The smallest absolute Gasteiger partial charge is 0.127 e. The first-order valence-corrected chi connectivity index (χ1v) is 6.82. The first kappa shape index (κ1) is 13.5. The van der Waals surface area contributed by atoms with E-state index < -0.39 is 0 Å². The van der Waals surface area contributed by atoms with E-state index >= 15 is 0 Å². The summed E-state index contributed by atoms with van der Waals surface area (Å²) in [4.78, 5) is 0. The Labute approximate surface area is 114 Å². The van der Waals surface area contributed by atoms with Crippen LogP contribution in [0.2, 0.25) is 0 Å². The number of aromatic hydroxyl groups is 2. The molecule has 0 aromatic heterocycles. The molecule has 0 aliphatic heterocycles. The van der Waals surface area contributed by atoms with Crippen LogP contribution in [0.15, 0.2) is 42.5 Å². The SMILES string of the molecule is CCCCCc1ccc(-c2c(O)cccc2O)cc1. The summed E-state index contributed by atoms with van der Waals surface area (Å²) in [7, 11) is 0. The second-order valence-corrected chi connectivity index (χ2v) is 4.83. The van der Waals surface area contributed by atoms with Crippen molar-refractivity contribution in [2.45, 2.75) is 32.6 Å². The third-order valence-electron chi connectivity index (χ3n) is 3.33. The van der Waals surface area contributed by atoms with Crippen molar-refractivity contribution in [3.63, 3.8) is 0 Å². The van der Waals surface area contributed by atoms with E-state index in [1.807, 2.05) is 12.1 Å². The van der Waals surface area contributed by atoms with E-state index in [1.54, 1.807) is 18.2 Å². The first-order valence-electron chi connectivity index (χ1n) is 6.82. The van der Waals surface area contributed by atoms with Gasteiger partial charge >= 0.3 is 0 Å². The summed E-state index contributed by atoms with van der Waals surface area (Å²) in [5.74, 6) is 0.220. The molecule has 0 fully saturated rings. The molecule has 0 aliphatic carbocycles. The van der Waals surface area contributed by atoms with Crippen molar-refractivity contribution in [2.24, 2.45) is 0 Å². The van der Waals surface area contributed by atoms with Crippen LogP contribution in [0.3, 0.4) is 0 Å². The molecule has 0 bridgehead atoms. The van der Waals surface area contributed by atoms with Crippen LogP contribution in [0.1, 0.15) is 31.7 Å². The number of benzene rings is 2. The minimum atomic E-state index is 0.110. The number of hydrogen-bond acceptors (Lipinski definition) is 2. The molecule has 0 saturated heterocycles. The Morgan fingerprint density at radius 2 is 1.47 bits per heavy atom. The van der Waals surface area contributed by atoms with Crippen LogP contribution < -0.4 is 0 Å². The normalized spacial score (nSPS) is 10.6. The largest absolute Gasteiger partial charge is 0.507 e. The van der Waals surface area contributed by atoms with E-state index in [4.69, 9.17) is 0 Å². The lowest BCUT2D eigenvalue weighted by Gasteiger charge is -2.08. The quantitative estimate of drug-likeness (QED) is 0.773. The molecule has 0 unspecified atom stereocenters. The topological polar surface area (TPSA) is 40.5 Å². The second-order valence-electron chi connectivity index (χ2n) is 4.83. The summed E-state index contributed by atoms with van der Waals surface area (Å²) in [5, 5.41) is 19.7. The van der Waals surface area contributed by atoms with E-state index in [-0.39, 0.29) is 11.5 Å². The summed E-state index contributed by atoms with van der Waals surface area (Å²) in [6, 6.07) is 12.8. The van der Waals surface area contributed by atoms with E-state index in [0.717, 1.165) is 12.0 Å². The van der Waals surface area contributed by atoms with Gasteiger partial charge in [-0.05, 0) is 36.1 Å². The predicted molar refractivity (Wildman–Crippen MR) is 78.4 cm³/mol. The van der Waals surface area contributed by atoms with Crippen molar-refractivity contribution >= 4 is 0 Å². The standard InChI is InChI=1S/C17H20O2/c1-2-3-4-6-13-9-11-14(12-10-13)17-15(18)7-5-8-16(17)19/h5,7-12,18-19H,2-4,6H2,1H3. The lowest BCUT2D eigenvalue weighted by Crippen LogP contribution is -1.86. The van der Waals surface area contributed by atoms with Gasteiger partial charge in [0.05, 0.1) is 5.56 Å². The minimum absolute atomic E-state index is 0.110. The van der Waals surface area contributed by atoms with Crippen LogP contribution in [0.4, 0.5) is 0 Å². The fourth-order valence-corrected chi connectivity index (χ4v) is 2.24. The molecule has 0 aliphatic rings. The van der Waals surface area contributed by atoms with E-state index in [9.17, 15) is 10.2 Å². The van der Waals surface area contributed by atoms with Gasteiger partial charge < -0.3 is 10.2 Å². The van der Waals surface area contributed by atoms with Gasteiger partial charge in [0.25, 0.3) is 0 Å². The summed E-state index contributed by atoms with van der Waals surface area (Å²) in [6.07, 6.45) is 4.77. The van der Waals surface area contributed by atoms with Crippen molar-refractivity contribution in [1.82, 2.24) is 0 Å². The molecule has 0 radical (unpaired) electrons. The molecule has 2 aromatic rings. The zero-order valence-electron chi connectivity index (χ0n) is 11.3. The van der Waals surface area contributed by atoms with Gasteiger partial charge in [-0.3, -0.25) is 0 Å². The number of rotatable bonds is 5. The predicted octanol–water partition coefficient (Wildman–Crippen LogP) is 4.50. The molecule has 2 N–H and O–H groups in total. The van der Waals surface area contributed by atoms with E-state index in [1.165, 1.54) is 24.8 Å². The summed E-state index contributed by atoms with van der Waals surface area (Å²) in [5.41, 5.74) is 2.64. The van der Waals surface area contributed by atoms with Crippen molar-refractivity contribution in [2.75, 3.05) is 0 Å². The van der Waals surface area contributed by atoms with Crippen LogP contribution in [0, 0.1) is 0 Å². The van der Waals surface area contributed by atoms with Crippen LogP contribution in [0.25, 0.3) is 11.1 Å². The Morgan fingerprint density at radius 1 is 0.842 bits per heavy atom. The van der Waals surface area contributed by atoms with Gasteiger partial charge in [-0.15, -0.1) is 0 Å². The third-order valence-corrected chi connectivity index (χ3v) is 3.33. The van der Waals surface area contributed by atoms with E-state index in [2.05, 4.69) is 19.1 Å². The molecule has 0 spiro atoms. The molecule has 0 amide bonds. The Balaban J connectivity index is 2.18. The third kappa shape index (κ3) is 3.28. The second kappa shape index (κ2) is 6.28. The molecule has 0 atom stereocenters. The Bertz CT molecular complexity index is 509. The highest BCUT2D eigenvalue weighted by molar-refractivity contribution is 5.76. The highest BCUT2D eigenvalue weighted by atomic mass is 16.3. The van der Waals surface area contributed by atoms with E-state index in [0.29, 0.717) is 5.56 Å². The number of phenolic OH excluding ortho intramolecular Hbond substituents is 2. The van der Waals surface area contributed by atoms with Crippen LogP contribution in [-0.2, 0) is 6.42 Å². The molecule has 0 heterocycles. The molecule has 2 heteroatoms. The lowest BCUT2D eigenvalue weighted by atomic mass is 10.00.